The van der Waals surface area contributed by atoms with Gasteiger partial charge < -0.3 is 15.5 Å². The molecule has 0 fully saturated rings. The van der Waals surface area contributed by atoms with Crippen LogP contribution in [0.15, 0.2) is 59.4 Å². The van der Waals surface area contributed by atoms with Crippen molar-refractivity contribution in [3.8, 4) is 0 Å². The first kappa shape index (κ1) is 18.7. The highest BCUT2D eigenvalue weighted by Gasteiger charge is 2.14. The number of Topliss-reactive ketones (excluding diaryl/α,β-unsaturated/α-hetero) is 1. The van der Waals surface area contributed by atoms with Crippen LogP contribution < -0.4 is 10.6 Å². The van der Waals surface area contributed by atoms with Gasteiger partial charge >= 0.3 is 0 Å². The number of aliphatic imine (C=N–C) groups is 1. The zero-order valence-corrected chi connectivity index (χ0v) is 16.3. The highest BCUT2D eigenvalue weighted by molar-refractivity contribution is 6.04. The van der Waals surface area contributed by atoms with Crippen LogP contribution in [0.25, 0.3) is 0 Å². The summed E-state index contributed by atoms with van der Waals surface area (Å²) in [6.45, 7) is 5.05. The monoisotopic (exact) mass is 362 g/mol. The van der Waals surface area contributed by atoms with E-state index in [1.54, 1.807) is 6.92 Å². The Morgan fingerprint density at radius 2 is 1.89 bits per heavy atom. The number of likely N-dealkylation sites (N-methyl/N-ethyl adjacent to an activating group) is 1. The van der Waals surface area contributed by atoms with Gasteiger partial charge in [-0.3, -0.25) is 9.79 Å². The van der Waals surface area contributed by atoms with Crippen LogP contribution in [0.5, 0.6) is 0 Å². The van der Waals surface area contributed by atoms with Gasteiger partial charge in [-0.1, -0.05) is 30.3 Å². The molecule has 2 aromatic rings. The van der Waals surface area contributed by atoms with Gasteiger partial charge in [-0.25, -0.2) is 0 Å². The van der Waals surface area contributed by atoms with Gasteiger partial charge in [-0.2, -0.15) is 0 Å². The van der Waals surface area contributed by atoms with E-state index in [0.29, 0.717) is 6.54 Å². The molecule has 2 aromatic carbocycles. The minimum absolute atomic E-state index is 0.0764. The van der Waals surface area contributed by atoms with E-state index in [2.05, 4.69) is 46.9 Å². The largest absolute Gasteiger partial charge is 0.386 e. The lowest BCUT2D eigenvalue weighted by atomic mass is 10.0. The summed E-state index contributed by atoms with van der Waals surface area (Å²) in [7, 11) is 3.97. The number of anilines is 2. The molecular formula is C22H26N4O. The van der Waals surface area contributed by atoms with Crippen molar-refractivity contribution in [2.75, 3.05) is 37.8 Å². The Balaban J connectivity index is 1.77. The van der Waals surface area contributed by atoms with Gasteiger partial charge in [-0.15, -0.1) is 0 Å². The van der Waals surface area contributed by atoms with E-state index in [-0.39, 0.29) is 5.78 Å². The van der Waals surface area contributed by atoms with Crippen molar-refractivity contribution in [3.05, 3.63) is 71.1 Å². The van der Waals surface area contributed by atoms with Gasteiger partial charge in [0, 0.05) is 25.9 Å². The molecular weight excluding hydrogens is 336 g/mol. The third-order valence-electron chi connectivity index (χ3n) is 4.58. The summed E-state index contributed by atoms with van der Waals surface area (Å²) in [5, 5.41) is 6.69. The molecule has 0 atom stereocenters. The molecule has 0 amide bonds. The van der Waals surface area contributed by atoms with Crippen molar-refractivity contribution in [3.63, 3.8) is 0 Å². The van der Waals surface area contributed by atoms with Gasteiger partial charge in [-0.05, 0) is 37.1 Å². The van der Waals surface area contributed by atoms with Crippen LogP contribution in [0.1, 0.15) is 28.4 Å². The molecule has 2 N–H and O–H groups in total. The molecule has 1 aliphatic heterocycles. The van der Waals surface area contributed by atoms with E-state index >= 15 is 0 Å². The molecule has 5 heteroatoms. The fraction of sp³-hybridized carbons (Fsp3) is 0.273. The van der Waals surface area contributed by atoms with Gasteiger partial charge in [0.1, 0.15) is 0 Å². The fourth-order valence-electron chi connectivity index (χ4n) is 3.12. The summed E-state index contributed by atoms with van der Waals surface area (Å²) >= 11 is 0. The number of aryl methyl sites for hydroxylation is 1. The van der Waals surface area contributed by atoms with Crippen LogP contribution in [-0.2, 0) is 0 Å². The molecule has 0 spiro atoms. The van der Waals surface area contributed by atoms with Crippen molar-refractivity contribution in [1.29, 1.82) is 0 Å². The van der Waals surface area contributed by atoms with Crippen molar-refractivity contribution >= 4 is 22.9 Å². The second kappa shape index (κ2) is 8.08. The lowest BCUT2D eigenvalue weighted by Gasteiger charge is -2.23. The van der Waals surface area contributed by atoms with E-state index in [4.69, 9.17) is 4.99 Å². The lowest BCUT2D eigenvalue weighted by molar-refractivity contribution is 0.101. The Kier molecular flexibility index (Phi) is 5.60. The Bertz CT molecular complexity index is 897. The Morgan fingerprint density at radius 1 is 1.15 bits per heavy atom. The van der Waals surface area contributed by atoms with Crippen molar-refractivity contribution in [2.24, 2.45) is 4.99 Å². The maximum Gasteiger partial charge on any atom is 0.159 e. The number of rotatable bonds is 6. The topological polar surface area (TPSA) is 56.7 Å². The minimum Gasteiger partial charge on any atom is -0.386 e. The zero-order chi connectivity index (χ0) is 19.4. The zero-order valence-electron chi connectivity index (χ0n) is 16.3. The molecule has 5 nitrogen and oxygen atoms in total. The highest BCUT2D eigenvalue weighted by atomic mass is 16.1. The number of hydrogen-bond acceptors (Lipinski definition) is 5. The molecule has 0 bridgehead atoms. The molecule has 140 valence electrons. The first-order valence-corrected chi connectivity index (χ1v) is 9.08. The Morgan fingerprint density at radius 3 is 2.56 bits per heavy atom. The molecule has 27 heavy (non-hydrogen) atoms. The number of nitrogens with one attached hydrogen (secondary N) is 2. The molecule has 1 heterocycles. The van der Waals surface area contributed by atoms with Gasteiger partial charge in [0.2, 0.25) is 0 Å². The van der Waals surface area contributed by atoms with Crippen LogP contribution in [0.4, 0.5) is 11.4 Å². The van der Waals surface area contributed by atoms with Gasteiger partial charge in [0.05, 0.1) is 35.9 Å². The summed E-state index contributed by atoms with van der Waals surface area (Å²) in [6, 6.07) is 14.0. The maximum absolute atomic E-state index is 11.5. The first-order chi connectivity index (χ1) is 13.0. The van der Waals surface area contributed by atoms with Crippen molar-refractivity contribution < 1.29 is 4.79 Å². The molecule has 1 aliphatic rings. The smallest absolute Gasteiger partial charge is 0.159 e. The highest BCUT2D eigenvalue weighted by Crippen LogP contribution is 2.23. The van der Waals surface area contributed by atoms with E-state index in [9.17, 15) is 4.79 Å². The van der Waals surface area contributed by atoms with E-state index < -0.39 is 0 Å². The molecule has 3 rings (SSSR count). The second-order valence-electron chi connectivity index (χ2n) is 6.88. The number of carbonyl (C=O) groups is 1. The van der Waals surface area contributed by atoms with Crippen molar-refractivity contribution in [2.45, 2.75) is 13.8 Å². The summed E-state index contributed by atoms with van der Waals surface area (Å²) in [5.41, 5.74) is 7.08. The van der Waals surface area contributed by atoms with Gasteiger partial charge in [0.25, 0.3) is 0 Å². The quantitative estimate of drug-likeness (QED) is 0.765. The van der Waals surface area contributed by atoms with Gasteiger partial charge in [0.15, 0.2) is 5.78 Å². The van der Waals surface area contributed by atoms with Crippen LogP contribution in [0, 0.1) is 6.92 Å². The number of carbonyl (C=O) groups excluding carboxylic acids is 1. The standard InChI is InChI=1S/C22H26N4O/c1-15-5-10-20(23-3)21(11-15)24-12-19-13-26(4)14-22(25-19)18-8-6-17(7-9-18)16(2)27/h5-11,13,23-24H,12,14H2,1-4H3. The molecule has 0 aromatic heterocycles. The van der Waals surface area contributed by atoms with E-state index in [0.717, 1.165) is 40.5 Å². The van der Waals surface area contributed by atoms with Crippen molar-refractivity contribution in [1.82, 2.24) is 4.90 Å². The Hall–Kier alpha value is -3.08. The minimum atomic E-state index is 0.0764. The normalized spacial score (nSPS) is 13.7. The van der Waals surface area contributed by atoms with Crippen LogP contribution in [0.2, 0.25) is 0 Å². The Labute approximate surface area is 160 Å². The summed E-state index contributed by atoms with van der Waals surface area (Å²) in [6.07, 6.45) is 2.06. The number of ketones is 1. The second-order valence-corrected chi connectivity index (χ2v) is 6.88. The average Bonchev–Trinajstić information content (AvgIpc) is 2.66. The molecule has 0 aliphatic carbocycles. The maximum atomic E-state index is 11.5. The average molecular weight is 362 g/mol. The summed E-state index contributed by atoms with van der Waals surface area (Å²) < 4.78 is 0. The molecule has 0 saturated carbocycles. The van der Waals surface area contributed by atoms with E-state index in [1.807, 2.05) is 38.4 Å². The third kappa shape index (κ3) is 4.56. The molecule has 0 unspecified atom stereocenters. The lowest BCUT2D eigenvalue weighted by Crippen LogP contribution is -2.27. The molecule has 0 radical (unpaired) electrons. The van der Waals surface area contributed by atoms with E-state index in [1.165, 1.54) is 5.56 Å². The summed E-state index contributed by atoms with van der Waals surface area (Å²) in [5.74, 6) is 0.0764. The molecule has 0 saturated heterocycles. The first-order valence-electron chi connectivity index (χ1n) is 9.08. The fourth-order valence-corrected chi connectivity index (χ4v) is 3.12. The number of nitrogens with zero attached hydrogens (tertiary/aromatic N) is 2. The number of hydrogen-bond donors (Lipinski definition) is 2. The van der Waals surface area contributed by atoms with Crippen LogP contribution in [-0.4, -0.2) is 43.6 Å². The summed E-state index contributed by atoms with van der Waals surface area (Å²) in [4.78, 5) is 18.4. The SMILES string of the molecule is CNc1ccc(C)cc1NCC1=CN(C)CC(c2ccc(C(C)=O)cc2)=N1. The van der Waals surface area contributed by atoms with Crippen LogP contribution in [0.3, 0.4) is 0 Å². The third-order valence-corrected chi connectivity index (χ3v) is 4.58. The number of benzene rings is 2. The van der Waals surface area contributed by atoms with Crippen LogP contribution >= 0.6 is 0 Å². The predicted octanol–water partition coefficient (Wildman–Crippen LogP) is 3.93. The predicted molar refractivity (Wildman–Crippen MR) is 113 cm³/mol.